The summed E-state index contributed by atoms with van der Waals surface area (Å²) in [6, 6.07) is 12.3. The molecule has 1 aromatic heterocycles. The molecule has 1 heterocycles. The lowest BCUT2D eigenvalue weighted by Gasteiger charge is -2.17. The van der Waals surface area contributed by atoms with Gasteiger partial charge in [-0.1, -0.05) is 30.3 Å². The van der Waals surface area contributed by atoms with Crippen LogP contribution in [0.4, 0.5) is 0 Å². The van der Waals surface area contributed by atoms with Crippen molar-refractivity contribution in [1.82, 2.24) is 10.2 Å². The van der Waals surface area contributed by atoms with Gasteiger partial charge in [0.1, 0.15) is 0 Å². The molecule has 1 aromatic carbocycles. The fraction of sp³-hybridized carbons (Fsp3) is 0.312. The fourth-order valence-corrected chi connectivity index (χ4v) is 2.68. The van der Waals surface area contributed by atoms with E-state index in [-0.39, 0.29) is 5.91 Å². The summed E-state index contributed by atoms with van der Waals surface area (Å²) in [5.74, 6) is 0.0643. The first-order valence-corrected chi connectivity index (χ1v) is 7.55. The van der Waals surface area contributed by atoms with Gasteiger partial charge in [-0.2, -0.15) is 0 Å². The van der Waals surface area contributed by atoms with E-state index in [9.17, 15) is 4.79 Å². The minimum Gasteiger partial charge on any atom is -0.350 e. The summed E-state index contributed by atoms with van der Waals surface area (Å²) in [6.07, 6.45) is 0. The third-order valence-corrected chi connectivity index (χ3v) is 4.03. The number of hydrogen-bond acceptors (Lipinski definition) is 3. The molecule has 0 bridgehead atoms. The average Bonchev–Trinajstić information content (AvgIpc) is 2.92. The van der Waals surface area contributed by atoms with Gasteiger partial charge < -0.3 is 5.32 Å². The molecule has 0 saturated carbocycles. The van der Waals surface area contributed by atoms with Crippen LogP contribution >= 0.6 is 11.3 Å². The number of rotatable bonds is 6. The van der Waals surface area contributed by atoms with E-state index in [0.717, 1.165) is 6.54 Å². The lowest BCUT2D eigenvalue weighted by molar-refractivity contribution is -0.122. The second-order valence-corrected chi connectivity index (χ2v) is 5.99. The van der Waals surface area contributed by atoms with Crippen molar-refractivity contribution in [3.05, 3.63) is 57.8 Å². The Morgan fingerprint density at radius 3 is 2.75 bits per heavy atom. The number of aryl methyl sites for hydroxylation is 1. The van der Waals surface area contributed by atoms with Crippen LogP contribution in [0.15, 0.2) is 41.8 Å². The van der Waals surface area contributed by atoms with Gasteiger partial charge in [-0.3, -0.25) is 9.69 Å². The van der Waals surface area contributed by atoms with E-state index in [4.69, 9.17) is 0 Å². The topological polar surface area (TPSA) is 32.3 Å². The monoisotopic (exact) mass is 288 g/mol. The van der Waals surface area contributed by atoms with Crippen molar-refractivity contribution in [2.24, 2.45) is 0 Å². The van der Waals surface area contributed by atoms with Crippen molar-refractivity contribution in [2.45, 2.75) is 20.0 Å². The van der Waals surface area contributed by atoms with Crippen LogP contribution in [0, 0.1) is 6.92 Å². The van der Waals surface area contributed by atoms with Crippen LogP contribution in [0.5, 0.6) is 0 Å². The molecule has 0 aliphatic rings. The molecule has 106 valence electrons. The standard InChI is InChI=1S/C16H20N2OS/c1-13-6-3-4-7-14(13)11-18(2)12-16(19)17-10-15-8-5-9-20-15/h3-9H,10-12H2,1-2H3,(H,17,19). The van der Waals surface area contributed by atoms with Crippen molar-refractivity contribution in [3.8, 4) is 0 Å². The third-order valence-electron chi connectivity index (χ3n) is 3.15. The van der Waals surface area contributed by atoms with Gasteiger partial charge in [0.2, 0.25) is 5.91 Å². The smallest absolute Gasteiger partial charge is 0.234 e. The Morgan fingerprint density at radius 1 is 1.25 bits per heavy atom. The van der Waals surface area contributed by atoms with Crippen LogP contribution in [0.25, 0.3) is 0 Å². The van der Waals surface area contributed by atoms with Gasteiger partial charge in [0.25, 0.3) is 0 Å². The molecule has 0 unspecified atom stereocenters. The highest BCUT2D eigenvalue weighted by molar-refractivity contribution is 7.09. The molecule has 0 aliphatic carbocycles. The van der Waals surface area contributed by atoms with Crippen LogP contribution in [0.2, 0.25) is 0 Å². The van der Waals surface area contributed by atoms with Crippen LogP contribution < -0.4 is 5.32 Å². The van der Waals surface area contributed by atoms with Crippen LogP contribution in [0.3, 0.4) is 0 Å². The number of nitrogens with zero attached hydrogens (tertiary/aromatic N) is 1. The van der Waals surface area contributed by atoms with Gasteiger partial charge in [0, 0.05) is 11.4 Å². The highest BCUT2D eigenvalue weighted by Gasteiger charge is 2.08. The third kappa shape index (κ3) is 4.47. The van der Waals surface area contributed by atoms with Gasteiger partial charge in [-0.25, -0.2) is 0 Å². The molecule has 0 spiro atoms. The predicted octanol–water partition coefficient (Wildman–Crippen LogP) is 2.80. The summed E-state index contributed by atoms with van der Waals surface area (Å²) >= 11 is 1.66. The quantitative estimate of drug-likeness (QED) is 0.886. The summed E-state index contributed by atoms with van der Waals surface area (Å²) in [4.78, 5) is 15.1. The number of hydrogen-bond donors (Lipinski definition) is 1. The van der Waals surface area contributed by atoms with Gasteiger partial charge in [0.05, 0.1) is 13.1 Å². The lowest BCUT2D eigenvalue weighted by atomic mass is 10.1. The molecule has 0 saturated heterocycles. The molecule has 0 atom stereocenters. The lowest BCUT2D eigenvalue weighted by Crippen LogP contribution is -2.34. The SMILES string of the molecule is Cc1ccccc1CN(C)CC(=O)NCc1cccs1. The van der Waals surface area contributed by atoms with E-state index in [1.165, 1.54) is 16.0 Å². The van der Waals surface area contributed by atoms with Crippen molar-refractivity contribution in [2.75, 3.05) is 13.6 Å². The van der Waals surface area contributed by atoms with E-state index in [1.807, 2.05) is 41.6 Å². The highest BCUT2D eigenvalue weighted by atomic mass is 32.1. The zero-order chi connectivity index (χ0) is 14.4. The minimum atomic E-state index is 0.0643. The molecule has 0 aliphatic heterocycles. The molecule has 3 nitrogen and oxygen atoms in total. The first-order chi connectivity index (χ1) is 9.65. The zero-order valence-corrected chi connectivity index (χ0v) is 12.7. The van der Waals surface area contributed by atoms with E-state index in [1.54, 1.807) is 11.3 Å². The largest absolute Gasteiger partial charge is 0.350 e. The molecule has 0 fully saturated rings. The highest BCUT2D eigenvalue weighted by Crippen LogP contribution is 2.09. The molecule has 4 heteroatoms. The number of carbonyl (C=O) groups is 1. The van der Waals surface area contributed by atoms with Crippen molar-refractivity contribution >= 4 is 17.2 Å². The maximum absolute atomic E-state index is 11.9. The minimum absolute atomic E-state index is 0.0643. The fourth-order valence-electron chi connectivity index (χ4n) is 2.03. The van der Waals surface area contributed by atoms with Crippen LogP contribution in [-0.2, 0) is 17.9 Å². The van der Waals surface area contributed by atoms with Gasteiger partial charge in [-0.05, 0) is 36.5 Å². The number of likely N-dealkylation sites (N-methyl/N-ethyl adjacent to an activating group) is 1. The van der Waals surface area contributed by atoms with E-state index in [0.29, 0.717) is 13.1 Å². The van der Waals surface area contributed by atoms with E-state index >= 15 is 0 Å². The Labute approximate surface area is 124 Å². The molecule has 2 rings (SSSR count). The summed E-state index contributed by atoms with van der Waals surface area (Å²) in [5, 5.41) is 4.97. The summed E-state index contributed by atoms with van der Waals surface area (Å²) in [5.41, 5.74) is 2.53. The van der Waals surface area contributed by atoms with Gasteiger partial charge >= 0.3 is 0 Å². The maximum atomic E-state index is 11.9. The predicted molar refractivity (Wildman–Crippen MR) is 83.7 cm³/mol. The normalized spacial score (nSPS) is 10.8. The van der Waals surface area contributed by atoms with E-state index < -0.39 is 0 Å². The Morgan fingerprint density at radius 2 is 2.05 bits per heavy atom. The molecule has 1 amide bonds. The number of carbonyl (C=O) groups excluding carboxylic acids is 1. The van der Waals surface area contributed by atoms with E-state index in [2.05, 4.69) is 24.4 Å². The summed E-state index contributed by atoms with van der Waals surface area (Å²) < 4.78 is 0. The molecule has 2 aromatic rings. The number of nitrogens with one attached hydrogen (secondary N) is 1. The zero-order valence-electron chi connectivity index (χ0n) is 11.9. The first kappa shape index (κ1) is 14.8. The Bertz CT molecular complexity index is 551. The molecule has 20 heavy (non-hydrogen) atoms. The van der Waals surface area contributed by atoms with Crippen molar-refractivity contribution in [3.63, 3.8) is 0 Å². The maximum Gasteiger partial charge on any atom is 0.234 e. The molecule has 1 N–H and O–H groups in total. The Kier molecular flexibility index (Phi) is 5.32. The second-order valence-electron chi connectivity index (χ2n) is 4.95. The number of thiophene rings is 1. The van der Waals surface area contributed by atoms with Crippen molar-refractivity contribution < 1.29 is 4.79 Å². The number of benzene rings is 1. The molecular formula is C16H20N2OS. The van der Waals surface area contributed by atoms with Gasteiger partial charge in [0.15, 0.2) is 0 Å². The van der Waals surface area contributed by atoms with Gasteiger partial charge in [-0.15, -0.1) is 11.3 Å². The van der Waals surface area contributed by atoms with Crippen molar-refractivity contribution in [1.29, 1.82) is 0 Å². The van der Waals surface area contributed by atoms with Crippen LogP contribution in [0.1, 0.15) is 16.0 Å². The Balaban J connectivity index is 1.78. The second kappa shape index (κ2) is 7.22. The average molecular weight is 288 g/mol. The summed E-state index contributed by atoms with van der Waals surface area (Å²) in [6.45, 7) is 3.92. The Hall–Kier alpha value is -1.65. The van der Waals surface area contributed by atoms with Crippen LogP contribution in [-0.4, -0.2) is 24.4 Å². The number of amides is 1. The molecular weight excluding hydrogens is 268 g/mol. The summed E-state index contributed by atoms with van der Waals surface area (Å²) in [7, 11) is 1.97. The molecule has 0 radical (unpaired) electrons. The first-order valence-electron chi connectivity index (χ1n) is 6.67.